The van der Waals surface area contributed by atoms with Gasteiger partial charge in [-0.3, -0.25) is 14.9 Å². The van der Waals surface area contributed by atoms with Gasteiger partial charge in [0.25, 0.3) is 0 Å². The standard InChI is InChI=1S/C15H19N3O4S2/c1-10(11-4-5-13(22-3)12(8-11)18(20)21)16-17-14(19)9-15(2)23-6-7-24-15/h4-5,8H,6-7,9H2,1-3H3,(H,17,19)/b16-10+. The van der Waals surface area contributed by atoms with Crippen molar-refractivity contribution in [3.63, 3.8) is 0 Å². The van der Waals surface area contributed by atoms with E-state index in [2.05, 4.69) is 17.5 Å². The van der Waals surface area contributed by atoms with Crippen LogP contribution in [-0.4, -0.2) is 39.2 Å². The molecule has 7 nitrogen and oxygen atoms in total. The van der Waals surface area contributed by atoms with Crippen molar-refractivity contribution in [3.8, 4) is 5.75 Å². The van der Waals surface area contributed by atoms with Gasteiger partial charge in [-0.05, 0) is 26.0 Å². The zero-order valence-electron chi connectivity index (χ0n) is 13.7. The van der Waals surface area contributed by atoms with Crippen LogP contribution in [0.1, 0.15) is 25.8 Å². The zero-order chi connectivity index (χ0) is 17.7. The summed E-state index contributed by atoms with van der Waals surface area (Å²) >= 11 is 3.56. The molecule has 1 aromatic carbocycles. The lowest BCUT2D eigenvalue weighted by molar-refractivity contribution is -0.385. The molecule has 0 aliphatic carbocycles. The normalized spacial score (nSPS) is 16.7. The molecule has 1 aromatic rings. The molecule has 0 radical (unpaired) electrons. The van der Waals surface area contributed by atoms with Gasteiger partial charge in [-0.1, -0.05) is 0 Å². The lowest BCUT2D eigenvalue weighted by Crippen LogP contribution is -2.26. The number of nitrogens with zero attached hydrogens (tertiary/aromatic N) is 2. The molecule has 1 amide bonds. The lowest BCUT2D eigenvalue weighted by atomic mass is 10.1. The SMILES string of the molecule is COc1ccc(/C(C)=N/NC(=O)CC2(C)SCCS2)cc1[N+](=O)[O-]. The molecule has 1 heterocycles. The van der Waals surface area contributed by atoms with Gasteiger partial charge in [0, 0.05) is 23.1 Å². The third kappa shape index (κ3) is 4.64. The van der Waals surface area contributed by atoms with E-state index in [4.69, 9.17) is 4.74 Å². The number of ether oxygens (including phenoxy) is 1. The molecule has 1 aliphatic heterocycles. The molecule has 1 aliphatic rings. The van der Waals surface area contributed by atoms with Crippen molar-refractivity contribution in [2.24, 2.45) is 5.10 Å². The predicted octanol–water partition coefficient (Wildman–Crippen LogP) is 3.03. The fraction of sp³-hybridized carbons (Fsp3) is 0.467. The Bertz CT molecular complexity index is 673. The third-order valence-corrected chi connectivity index (χ3v) is 6.81. The predicted molar refractivity (Wildman–Crippen MR) is 97.9 cm³/mol. The van der Waals surface area contributed by atoms with Crippen LogP contribution in [0, 0.1) is 10.1 Å². The average Bonchev–Trinajstić information content (AvgIpc) is 2.97. The smallest absolute Gasteiger partial charge is 0.311 e. The molecule has 0 bridgehead atoms. The summed E-state index contributed by atoms with van der Waals surface area (Å²) in [5, 5.41) is 15.1. The lowest BCUT2D eigenvalue weighted by Gasteiger charge is -2.19. The summed E-state index contributed by atoms with van der Waals surface area (Å²) in [6.45, 7) is 3.74. The number of benzene rings is 1. The van der Waals surface area contributed by atoms with Crippen LogP contribution < -0.4 is 10.2 Å². The van der Waals surface area contributed by atoms with Gasteiger partial charge in [-0.2, -0.15) is 5.10 Å². The summed E-state index contributed by atoms with van der Waals surface area (Å²) in [5.41, 5.74) is 3.44. The molecule has 0 atom stereocenters. The first-order chi connectivity index (χ1) is 11.3. The maximum atomic E-state index is 12.0. The monoisotopic (exact) mass is 369 g/mol. The summed E-state index contributed by atoms with van der Waals surface area (Å²) < 4.78 is 4.86. The molecular formula is C15H19N3O4S2. The van der Waals surface area contributed by atoms with Crippen LogP contribution in [0.5, 0.6) is 5.75 Å². The molecule has 24 heavy (non-hydrogen) atoms. The highest BCUT2D eigenvalue weighted by Crippen LogP contribution is 2.45. The summed E-state index contributed by atoms with van der Waals surface area (Å²) in [6, 6.07) is 4.57. The van der Waals surface area contributed by atoms with E-state index >= 15 is 0 Å². The van der Waals surface area contributed by atoms with E-state index in [0.717, 1.165) is 11.5 Å². The van der Waals surface area contributed by atoms with Crippen molar-refractivity contribution in [1.82, 2.24) is 5.43 Å². The van der Waals surface area contributed by atoms with Gasteiger partial charge in [-0.25, -0.2) is 5.43 Å². The van der Waals surface area contributed by atoms with E-state index in [1.807, 2.05) is 0 Å². The minimum absolute atomic E-state index is 0.105. The molecule has 0 aromatic heterocycles. The van der Waals surface area contributed by atoms with E-state index in [0.29, 0.717) is 17.7 Å². The third-order valence-electron chi connectivity index (χ3n) is 3.52. The van der Waals surface area contributed by atoms with Crippen molar-refractivity contribution in [2.75, 3.05) is 18.6 Å². The fourth-order valence-electron chi connectivity index (χ4n) is 2.26. The zero-order valence-corrected chi connectivity index (χ0v) is 15.3. The first kappa shape index (κ1) is 18.6. The Morgan fingerprint density at radius 1 is 1.46 bits per heavy atom. The highest BCUT2D eigenvalue weighted by atomic mass is 32.2. The Morgan fingerprint density at radius 2 is 2.12 bits per heavy atom. The number of methoxy groups -OCH3 is 1. The Hall–Kier alpha value is -1.74. The Labute approximate surface area is 148 Å². The Kier molecular flexibility index (Phi) is 6.11. The second-order valence-electron chi connectivity index (χ2n) is 5.38. The number of hydrogen-bond donors (Lipinski definition) is 1. The number of rotatable bonds is 6. The summed E-state index contributed by atoms with van der Waals surface area (Å²) in [6.07, 6.45) is 0.377. The van der Waals surface area contributed by atoms with Gasteiger partial charge in [0.2, 0.25) is 5.91 Å². The van der Waals surface area contributed by atoms with Gasteiger partial charge >= 0.3 is 5.69 Å². The van der Waals surface area contributed by atoms with Crippen LogP contribution in [0.15, 0.2) is 23.3 Å². The van der Waals surface area contributed by atoms with E-state index in [-0.39, 0.29) is 21.4 Å². The van der Waals surface area contributed by atoms with Crippen molar-refractivity contribution in [3.05, 3.63) is 33.9 Å². The number of amides is 1. The second-order valence-corrected chi connectivity index (χ2v) is 8.84. The van der Waals surface area contributed by atoms with Crippen molar-refractivity contribution < 1.29 is 14.5 Å². The van der Waals surface area contributed by atoms with Crippen LogP contribution in [0.2, 0.25) is 0 Å². The van der Waals surface area contributed by atoms with Gasteiger partial charge in [0.05, 0.1) is 28.2 Å². The summed E-state index contributed by atoms with van der Waals surface area (Å²) in [4.78, 5) is 22.6. The number of nitro groups is 1. The number of hydrogen-bond acceptors (Lipinski definition) is 7. The fourth-order valence-corrected chi connectivity index (χ4v) is 5.09. The molecule has 130 valence electrons. The summed E-state index contributed by atoms with van der Waals surface area (Å²) in [7, 11) is 1.38. The van der Waals surface area contributed by atoms with Gasteiger partial charge in [0.1, 0.15) is 0 Å². The molecule has 1 N–H and O–H groups in total. The van der Waals surface area contributed by atoms with Crippen molar-refractivity contribution in [2.45, 2.75) is 24.3 Å². The van der Waals surface area contributed by atoms with Gasteiger partial charge in [0.15, 0.2) is 5.75 Å². The van der Waals surface area contributed by atoms with E-state index in [9.17, 15) is 14.9 Å². The molecule has 2 rings (SSSR count). The van der Waals surface area contributed by atoms with Crippen LogP contribution in [0.4, 0.5) is 5.69 Å². The maximum Gasteiger partial charge on any atom is 0.311 e. The van der Waals surface area contributed by atoms with Crippen LogP contribution in [0.3, 0.4) is 0 Å². The van der Waals surface area contributed by atoms with Crippen LogP contribution in [-0.2, 0) is 4.79 Å². The largest absolute Gasteiger partial charge is 0.490 e. The first-order valence-electron chi connectivity index (χ1n) is 7.28. The van der Waals surface area contributed by atoms with Crippen LogP contribution in [0.25, 0.3) is 0 Å². The number of carbonyl (C=O) groups is 1. The van der Waals surface area contributed by atoms with Crippen LogP contribution >= 0.6 is 23.5 Å². The molecule has 9 heteroatoms. The maximum absolute atomic E-state index is 12.0. The van der Waals surface area contributed by atoms with E-state index < -0.39 is 4.92 Å². The molecule has 1 fully saturated rings. The van der Waals surface area contributed by atoms with Gasteiger partial charge < -0.3 is 4.74 Å². The van der Waals surface area contributed by atoms with Crippen molar-refractivity contribution >= 4 is 40.8 Å². The molecule has 0 unspecified atom stereocenters. The van der Waals surface area contributed by atoms with Crippen molar-refractivity contribution in [1.29, 1.82) is 0 Å². The number of thioether (sulfide) groups is 2. The highest BCUT2D eigenvalue weighted by Gasteiger charge is 2.32. The molecule has 0 saturated carbocycles. The average molecular weight is 369 g/mol. The quantitative estimate of drug-likeness (QED) is 0.471. The summed E-state index contributed by atoms with van der Waals surface area (Å²) in [5.74, 6) is 2.11. The topological polar surface area (TPSA) is 93.8 Å². The molecular weight excluding hydrogens is 350 g/mol. The minimum atomic E-state index is -0.510. The Morgan fingerprint density at radius 3 is 2.71 bits per heavy atom. The molecule has 1 saturated heterocycles. The number of nitrogens with one attached hydrogen (secondary N) is 1. The Balaban J connectivity index is 2.06. The second kappa shape index (κ2) is 7.89. The number of carbonyl (C=O) groups excluding carboxylic acids is 1. The molecule has 0 spiro atoms. The number of nitro benzene ring substituents is 1. The first-order valence-corrected chi connectivity index (χ1v) is 9.25. The minimum Gasteiger partial charge on any atom is -0.490 e. The van der Waals surface area contributed by atoms with Gasteiger partial charge in [-0.15, -0.1) is 23.5 Å². The van der Waals surface area contributed by atoms with E-state index in [1.54, 1.807) is 36.5 Å². The highest BCUT2D eigenvalue weighted by molar-refractivity contribution is 8.21. The number of hydrazone groups is 1. The van der Waals surface area contributed by atoms with E-state index in [1.165, 1.54) is 19.2 Å².